The number of nitro groups is 1. The van der Waals surface area contributed by atoms with Crippen LogP contribution >= 0.6 is 0 Å². The summed E-state index contributed by atoms with van der Waals surface area (Å²) in [5.74, 6) is -0.536. The van der Waals surface area contributed by atoms with Crippen LogP contribution in [-0.2, 0) is 4.79 Å². The van der Waals surface area contributed by atoms with Crippen molar-refractivity contribution in [2.45, 2.75) is 18.9 Å². The van der Waals surface area contributed by atoms with Gasteiger partial charge in [0, 0.05) is 36.8 Å². The molecular formula is C12H14N4O4. The Balaban J connectivity index is 2.03. The number of hydrogen-bond donors (Lipinski definition) is 3. The van der Waals surface area contributed by atoms with Crippen molar-refractivity contribution in [1.82, 2.24) is 10.6 Å². The fourth-order valence-electron chi connectivity index (χ4n) is 2.00. The summed E-state index contributed by atoms with van der Waals surface area (Å²) < 4.78 is 0. The third kappa shape index (κ3) is 3.02. The maximum absolute atomic E-state index is 12.0. The number of nitro benzene ring substituents is 1. The summed E-state index contributed by atoms with van der Waals surface area (Å²) in [5, 5.41) is 16.0. The van der Waals surface area contributed by atoms with E-state index in [4.69, 9.17) is 5.73 Å². The number of amides is 2. The van der Waals surface area contributed by atoms with E-state index >= 15 is 0 Å². The van der Waals surface area contributed by atoms with Crippen LogP contribution in [0.1, 0.15) is 23.2 Å². The number of carbonyl (C=O) groups excluding carboxylic acids is 2. The molecule has 1 aromatic rings. The number of nitrogen functional groups attached to an aromatic ring is 1. The van der Waals surface area contributed by atoms with E-state index in [0.717, 1.165) is 6.07 Å². The molecule has 1 aliphatic heterocycles. The average molecular weight is 278 g/mol. The molecule has 1 heterocycles. The van der Waals surface area contributed by atoms with Crippen LogP contribution in [0, 0.1) is 10.1 Å². The van der Waals surface area contributed by atoms with Crippen molar-refractivity contribution in [3.63, 3.8) is 0 Å². The lowest BCUT2D eigenvalue weighted by atomic mass is 10.1. The van der Waals surface area contributed by atoms with Gasteiger partial charge in [-0.25, -0.2) is 0 Å². The molecule has 8 nitrogen and oxygen atoms in total. The van der Waals surface area contributed by atoms with Crippen LogP contribution in [0.5, 0.6) is 0 Å². The molecule has 0 saturated carbocycles. The lowest BCUT2D eigenvalue weighted by molar-refractivity contribution is -0.384. The number of carbonyl (C=O) groups is 2. The number of benzene rings is 1. The molecule has 0 aromatic heterocycles. The molecule has 4 N–H and O–H groups in total. The van der Waals surface area contributed by atoms with Crippen molar-refractivity contribution >= 4 is 23.2 Å². The highest BCUT2D eigenvalue weighted by Gasteiger charge is 2.22. The normalized spacial score (nSPS) is 17.6. The van der Waals surface area contributed by atoms with Gasteiger partial charge in [-0.05, 0) is 12.5 Å². The Bertz CT molecular complexity index is 573. The fourth-order valence-corrected chi connectivity index (χ4v) is 2.00. The van der Waals surface area contributed by atoms with Crippen LogP contribution in [-0.4, -0.2) is 29.3 Å². The van der Waals surface area contributed by atoms with Gasteiger partial charge in [0.05, 0.1) is 10.5 Å². The van der Waals surface area contributed by atoms with Crippen molar-refractivity contribution in [3.8, 4) is 0 Å². The van der Waals surface area contributed by atoms with Gasteiger partial charge >= 0.3 is 0 Å². The van der Waals surface area contributed by atoms with E-state index in [1.54, 1.807) is 0 Å². The Labute approximate surface area is 114 Å². The molecular weight excluding hydrogens is 264 g/mol. The molecule has 1 unspecified atom stereocenters. The molecule has 0 bridgehead atoms. The summed E-state index contributed by atoms with van der Waals surface area (Å²) in [5.41, 5.74) is 5.68. The van der Waals surface area contributed by atoms with Crippen LogP contribution in [0.2, 0.25) is 0 Å². The Kier molecular flexibility index (Phi) is 3.83. The third-order valence-electron chi connectivity index (χ3n) is 3.09. The van der Waals surface area contributed by atoms with Gasteiger partial charge in [-0.3, -0.25) is 19.7 Å². The SMILES string of the molecule is Nc1ccc([N+](=O)[O-])cc1C(=O)NCC1CCC(=O)N1. The number of nitrogens with two attached hydrogens (primary N) is 1. The first-order valence-electron chi connectivity index (χ1n) is 6.09. The molecule has 1 aromatic carbocycles. The van der Waals surface area contributed by atoms with Gasteiger partial charge in [0.1, 0.15) is 0 Å². The first-order chi connectivity index (χ1) is 9.47. The summed E-state index contributed by atoms with van der Waals surface area (Å²) in [6, 6.07) is 3.59. The molecule has 1 aliphatic rings. The highest BCUT2D eigenvalue weighted by molar-refractivity contribution is 5.99. The Morgan fingerprint density at radius 3 is 2.90 bits per heavy atom. The van der Waals surface area contributed by atoms with Gasteiger partial charge in [0.2, 0.25) is 5.91 Å². The van der Waals surface area contributed by atoms with Crippen LogP contribution in [0.3, 0.4) is 0 Å². The number of rotatable bonds is 4. The van der Waals surface area contributed by atoms with Crippen molar-refractivity contribution in [1.29, 1.82) is 0 Å². The zero-order valence-corrected chi connectivity index (χ0v) is 10.6. The van der Waals surface area contributed by atoms with E-state index in [1.165, 1.54) is 12.1 Å². The van der Waals surface area contributed by atoms with Crippen molar-refractivity contribution < 1.29 is 14.5 Å². The van der Waals surface area contributed by atoms with E-state index < -0.39 is 10.8 Å². The van der Waals surface area contributed by atoms with Crippen molar-refractivity contribution in [2.75, 3.05) is 12.3 Å². The van der Waals surface area contributed by atoms with E-state index in [9.17, 15) is 19.7 Å². The second kappa shape index (κ2) is 5.55. The van der Waals surface area contributed by atoms with E-state index in [1.807, 2.05) is 0 Å². The summed E-state index contributed by atoms with van der Waals surface area (Å²) in [4.78, 5) is 33.1. The minimum atomic E-state index is -0.590. The molecule has 0 aliphatic carbocycles. The van der Waals surface area contributed by atoms with E-state index in [-0.39, 0.29) is 35.4 Å². The van der Waals surface area contributed by atoms with Crippen LogP contribution in [0.15, 0.2) is 18.2 Å². The van der Waals surface area contributed by atoms with Gasteiger partial charge in [-0.15, -0.1) is 0 Å². The van der Waals surface area contributed by atoms with Gasteiger partial charge in [0.15, 0.2) is 0 Å². The molecule has 106 valence electrons. The topological polar surface area (TPSA) is 127 Å². The summed E-state index contributed by atoms with van der Waals surface area (Å²) >= 11 is 0. The quantitative estimate of drug-likeness (QED) is 0.411. The van der Waals surface area contributed by atoms with Gasteiger partial charge < -0.3 is 16.4 Å². The summed E-state index contributed by atoms with van der Waals surface area (Å²) in [6.45, 7) is 0.271. The maximum Gasteiger partial charge on any atom is 0.270 e. The Morgan fingerprint density at radius 2 is 2.30 bits per heavy atom. The van der Waals surface area contributed by atoms with Gasteiger partial charge in [0.25, 0.3) is 11.6 Å². The lowest BCUT2D eigenvalue weighted by Crippen LogP contribution is -2.38. The maximum atomic E-state index is 12.0. The molecule has 2 rings (SSSR count). The molecule has 0 radical (unpaired) electrons. The molecule has 1 saturated heterocycles. The highest BCUT2D eigenvalue weighted by Crippen LogP contribution is 2.19. The minimum absolute atomic E-state index is 0.0425. The van der Waals surface area contributed by atoms with Crippen molar-refractivity contribution in [3.05, 3.63) is 33.9 Å². The number of nitrogens with zero attached hydrogens (tertiary/aromatic N) is 1. The number of anilines is 1. The van der Waals surface area contributed by atoms with Crippen LogP contribution < -0.4 is 16.4 Å². The lowest BCUT2D eigenvalue weighted by Gasteiger charge is -2.12. The van der Waals surface area contributed by atoms with E-state index in [2.05, 4.69) is 10.6 Å². The summed E-state index contributed by atoms with van der Waals surface area (Å²) in [6.07, 6.45) is 1.10. The largest absolute Gasteiger partial charge is 0.398 e. The second-order valence-electron chi connectivity index (χ2n) is 4.54. The number of non-ortho nitro benzene ring substituents is 1. The highest BCUT2D eigenvalue weighted by atomic mass is 16.6. The zero-order chi connectivity index (χ0) is 14.7. The molecule has 1 atom stereocenters. The molecule has 2 amide bonds. The number of hydrogen-bond acceptors (Lipinski definition) is 5. The number of nitrogens with one attached hydrogen (secondary N) is 2. The first-order valence-corrected chi connectivity index (χ1v) is 6.09. The Hall–Kier alpha value is -2.64. The molecule has 8 heteroatoms. The van der Waals surface area contributed by atoms with E-state index in [0.29, 0.717) is 12.8 Å². The van der Waals surface area contributed by atoms with Crippen LogP contribution in [0.4, 0.5) is 11.4 Å². The third-order valence-corrected chi connectivity index (χ3v) is 3.09. The second-order valence-corrected chi connectivity index (χ2v) is 4.54. The molecule has 20 heavy (non-hydrogen) atoms. The predicted octanol–water partition coefficient (Wildman–Crippen LogP) is 0.185. The smallest absolute Gasteiger partial charge is 0.270 e. The Morgan fingerprint density at radius 1 is 1.55 bits per heavy atom. The fraction of sp³-hybridized carbons (Fsp3) is 0.333. The summed E-state index contributed by atoms with van der Waals surface area (Å²) in [7, 11) is 0. The first kappa shape index (κ1) is 13.8. The molecule has 1 fully saturated rings. The predicted molar refractivity (Wildman–Crippen MR) is 71.0 cm³/mol. The standard InChI is InChI=1S/C12H14N4O4/c13-10-3-2-8(16(19)20)5-9(10)12(18)14-6-7-1-4-11(17)15-7/h2-3,5,7H,1,4,6,13H2,(H,14,18)(H,15,17). The van der Waals surface area contributed by atoms with Gasteiger partial charge in [-0.1, -0.05) is 0 Å². The minimum Gasteiger partial charge on any atom is -0.398 e. The van der Waals surface area contributed by atoms with Crippen molar-refractivity contribution in [2.24, 2.45) is 0 Å². The monoisotopic (exact) mass is 278 g/mol. The van der Waals surface area contributed by atoms with Crippen LogP contribution in [0.25, 0.3) is 0 Å². The molecule has 0 spiro atoms. The van der Waals surface area contributed by atoms with Gasteiger partial charge in [-0.2, -0.15) is 0 Å². The zero-order valence-electron chi connectivity index (χ0n) is 10.6. The average Bonchev–Trinajstić information content (AvgIpc) is 2.82.